The molecule has 12 heteroatoms. The van der Waals surface area contributed by atoms with Crippen LogP contribution in [0.3, 0.4) is 0 Å². The van der Waals surface area contributed by atoms with Gasteiger partial charge < -0.3 is 20.3 Å². The number of aromatic amines is 1. The lowest BCUT2D eigenvalue weighted by atomic mass is 10.0. The third-order valence-corrected chi connectivity index (χ3v) is 8.63. The van der Waals surface area contributed by atoms with Gasteiger partial charge >= 0.3 is 4.87 Å². The molecule has 10 nitrogen and oxygen atoms in total. The summed E-state index contributed by atoms with van der Waals surface area (Å²) >= 11 is 2.41. The molecule has 1 aliphatic heterocycles. The number of aromatic nitrogens is 3. The summed E-state index contributed by atoms with van der Waals surface area (Å²) in [6, 6.07) is 16.5. The Labute approximate surface area is 239 Å². The molecule has 208 valence electrons. The number of likely N-dealkylation sites (tertiary alicyclic amines) is 1. The Morgan fingerprint density at radius 3 is 2.55 bits per heavy atom. The Bertz CT molecular complexity index is 1520. The number of nitrogens with zero attached hydrogens (tertiary/aromatic N) is 3. The molecule has 2 aromatic heterocycles. The van der Waals surface area contributed by atoms with E-state index in [1.54, 1.807) is 24.3 Å². The number of amides is 2. The van der Waals surface area contributed by atoms with Gasteiger partial charge in [0.25, 0.3) is 11.8 Å². The summed E-state index contributed by atoms with van der Waals surface area (Å²) in [5, 5.41) is 13.7. The van der Waals surface area contributed by atoms with Gasteiger partial charge in [0.1, 0.15) is 17.4 Å². The molecule has 0 aliphatic carbocycles. The SMILES string of the molecule is CCc1nc(C(=O)NCc2ccccc2)sc1COc1ccc(C(=O)N[C@@H]2CN(C)C[C@@H]2c2n[nH]c(=O)s2)cc1. The summed E-state index contributed by atoms with van der Waals surface area (Å²) in [7, 11) is 1.98. The van der Waals surface area contributed by atoms with Crippen molar-refractivity contribution in [2.45, 2.75) is 38.5 Å². The average Bonchev–Trinajstić information content (AvgIpc) is 3.69. The van der Waals surface area contributed by atoms with Crippen molar-refractivity contribution < 1.29 is 14.3 Å². The van der Waals surface area contributed by atoms with Crippen molar-refractivity contribution in [2.24, 2.45) is 0 Å². The van der Waals surface area contributed by atoms with Crippen LogP contribution in [0, 0.1) is 0 Å². The van der Waals surface area contributed by atoms with E-state index >= 15 is 0 Å². The lowest BCUT2D eigenvalue weighted by Gasteiger charge is -2.18. The van der Waals surface area contributed by atoms with Crippen LogP contribution in [0.5, 0.6) is 5.75 Å². The van der Waals surface area contributed by atoms with Crippen LogP contribution in [0.2, 0.25) is 0 Å². The number of hydrogen-bond acceptors (Lipinski definition) is 9. The van der Waals surface area contributed by atoms with E-state index in [9.17, 15) is 14.4 Å². The predicted molar refractivity (Wildman–Crippen MR) is 154 cm³/mol. The van der Waals surface area contributed by atoms with E-state index in [0.29, 0.717) is 47.4 Å². The van der Waals surface area contributed by atoms with Gasteiger partial charge in [0.05, 0.1) is 16.6 Å². The Morgan fingerprint density at radius 1 is 1.07 bits per heavy atom. The maximum absolute atomic E-state index is 13.0. The van der Waals surface area contributed by atoms with E-state index in [-0.39, 0.29) is 35.3 Å². The number of carbonyl (C=O) groups is 2. The number of thiazole rings is 1. The molecule has 40 heavy (non-hydrogen) atoms. The van der Waals surface area contributed by atoms with Crippen molar-refractivity contribution >= 4 is 34.5 Å². The number of hydrogen-bond donors (Lipinski definition) is 3. The summed E-state index contributed by atoms with van der Waals surface area (Å²) in [5.74, 6) is 0.170. The molecule has 2 amide bonds. The highest BCUT2D eigenvalue weighted by Crippen LogP contribution is 2.27. The Balaban J connectivity index is 1.17. The van der Waals surface area contributed by atoms with Crippen molar-refractivity contribution in [3.63, 3.8) is 0 Å². The van der Waals surface area contributed by atoms with Crippen molar-refractivity contribution in [1.82, 2.24) is 30.7 Å². The van der Waals surface area contributed by atoms with Gasteiger partial charge in [-0.25, -0.2) is 10.1 Å². The summed E-state index contributed by atoms with van der Waals surface area (Å²) in [6.45, 7) is 4.10. The van der Waals surface area contributed by atoms with Crippen molar-refractivity contribution in [1.29, 1.82) is 0 Å². The number of nitrogens with one attached hydrogen (secondary N) is 3. The van der Waals surface area contributed by atoms with E-state index in [0.717, 1.165) is 27.5 Å². The second-order valence-corrected chi connectivity index (χ2v) is 11.7. The molecule has 0 saturated carbocycles. The second kappa shape index (κ2) is 12.5. The first-order valence-corrected chi connectivity index (χ1v) is 14.6. The number of likely N-dealkylation sites (N-methyl/N-ethyl adjacent to an activating group) is 1. The lowest BCUT2D eigenvalue weighted by molar-refractivity contribution is 0.0932. The normalized spacial score (nSPS) is 17.1. The van der Waals surface area contributed by atoms with Crippen LogP contribution >= 0.6 is 22.7 Å². The summed E-state index contributed by atoms with van der Waals surface area (Å²) in [5.41, 5.74) is 2.37. The van der Waals surface area contributed by atoms with Crippen molar-refractivity contribution in [3.05, 3.63) is 96.0 Å². The smallest absolute Gasteiger partial charge is 0.322 e. The summed E-state index contributed by atoms with van der Waals surface area (Å²) in [6.07, 6.45) is 0.687. The Morgan fingerprint density at radius 2 is 1.85 bits per heavy atom. The topological polar surface area (TPSA) is 129 Å². The molecule has 2 atom stereocenters. The minimum Gasteiger partial charge on any atom is -0.488 e. The molecule has 2 aromatic carbocycles. The van der Waals surface area contributed by atoms with Crippen LogP contribution in [0.4, 0.5) is 0 Å². The first-order chi connectivity index (χ1) is 19.4. The first-order valence-electron chi connectivity index (χ1n) is 13.0. The fourth-order valence-electron chi connectivity index (χ4n) is 4.62. The quantitative estimate of drug-likeness (QED) is 0.264. The maximum Gasteiger partial charge on any atom is 0.322 e. The molecule has 5 rings (SSSR count). The van der Waals surface area contributed by atoms with Gasteiger partial charge in [0, 0.05) is 31.1 Å². The number of H-pyrrole nitrogens is 1. The highest BCUT2D eigenvalue weighted by molar-refractivity contribution is 7.13. The third-order valence-electron chi connectivity index (χ3n) is 6.68. The van der Waals surface area contributed by atoms with E-state index < -0.39 is 0 Å². The minimum absolute atomic E-state index is 0.0435. The lowest BCUT2D eigenvalue weighted by Crippen LogP contribution is -2.39. The summed E-state index contributed by atoms with van der Waals surface area (Å²) < 4.78 is 5.98. The molecule has 3 N–H and O–H groups in total. The molecule has 3 heterocycles. The molecule has 0 bridgehead atoms. The van der Waals surface area contributed by atoms with Crippen LogP contribution < -0.4 is 20.2 Å². The minimum atomic E-state index is -0.206. The Kier molecular flexibility index (Phi) is 8.68. The van der Waals surface area contributed by atoms with Crippen LogP contribution in [0.25, 0.3) is 0 Å². The van der Waals surface area contributed by atoms with Gasteiger partial charge in [-0.1, -0.05) is 48.6 Å². The monoisotopic (exact) mass is 578 g/mol. The Hall–Kier alpha value is -3.87. The third kappa shape index (κ3) is 6.64. The highest BCUT2D eigenvalue weighted by Gasteiger charge is 2.35. The van der Waals surface area contributed by atoms with Gasteiger partial charge in [0.15, 0.2) is 5.01 Å². The molecule has 0 unspecified atom stereocenters. The van der Waals surface area contributed by atoms with E-state index in [4.69, 9.17) is 4.74 Å². The van der Waals surface area contributed by atoms with Gasteiger partial charge in [0.2, 0.25) is 0 Å². The molecule has 4 aromatic rings. The number of rotatable bonds is 10. The van der Waals surface area contributed by atoms with Crippen LogP contribution in [-0.4, -0.2) is 58.1 Å². The zero-order valence-corrected chi connectivity index (χ0v) is 23.8. The zero-order valence-electron chi connectivity index (χ0n) is 22.2. The second-order valence-electron chi connectivity index (χ2n) is 9.58. The molecular formula is C28H30N6O4S2. The molecule has 1 fully saturated rings. The molecule has 0 radical (unpaired) electrons. The first kappa shape index (κ1) is 27.7. The van der Waals surface area contributed by atoms with Crippen molar-refractivity contribution in [3.8, 4) is 5.75 Å². The van der Waals surface area contributed by atoms with E-state index in [1.807, 2.05) is 44.3 Å². The molecule has 1 aliphatic rings. The van der Waals surface area contributed by atoms with E-state index in [1.165, 1.54) is 11.3 Å². The standard InChI is InChI=1S/C28H30N6O4S2/c1-3-21-23(39-27(31-21)25(36)29-13-17-7-5-4-6-8-17)16-38-19-11-9-18(10-12-19)24(35)30-22-15-34(2)14-20(22)26-32-33-28(37)40-26/h4-12,20,22H,3,13-16H2,1-2H3,(H,29,36)(H,30,35)(H,33,37)/t20-,22+/m0/s1. The van der Waals surface area contributed by atoms with Gasteiger partial charge in [-0.3, -0.25) is 14.4 Å². The van der Waals surface area contributed by atoms with Gasteiger partial charge in [-0.05, 0) is 43.3 Å². The maximum atomic E-state index is 13.0. The number of benzene rings is 2. The number of carbonyl (C=O) groups excluding carboxylic acids is 2. The molecule has 0 spiro atoms. The van der Waals surface area contributed by atoms with Gasteiger partial charge in [-0.2, -0.15) is 5.10 Å². The van der Waals surface area contributed by atoms with Gasteiger partial charge in [-0.15, -0.1) is 11.3 Å². The largest absolute Gasteiger partial charge is 0.488 e. The highest BCUT2D eigenvalue weighted by atomic mass is 32.1. The van der Waals surface area contributed by atoms with Crippen molar-refractivity contribution in [2.75, 3.05) is 20.1 Å². The molecule has 1 saturated heterocycles. The van der Waals surface area contributed by atoms with E-state index in [2.05, 4.69) is 30.7 Å². The number of ether oxygens (including phenoxy) is 1. The zero-order chi connectivity index (χ0) is 28.1. The molecular weight excluding hydrogens is 548 g/mol. The van der Waals surface area contributed by atoms with Crippen LogP contribution in [-0.2, 0) is 19.6 Å². The summed E-state index contributed by atoms with van der Waals surface area (Å²) in [4.78, 5) is 44.5. The predicted octanol–water partition coefficient (Wildman–Crippen LogP) is 3.19. The average molecular weight is 579 g/mol. The number of aryl methyl sites for hydroxylation is 1. The van der Waals surface area contributed by atoms with Crippen LogP contribution in [0.1, 0.15) is 54.1 Å². The fourth-order valence-corrected chi connectivity index (χ4v) is 6.37. The fraction of sp³-hybridized carbons (Fsp3) is 0.321. The van der Waals surface area contributed by atoms with Crippen LogP contribution in [0.15, 0.2) is 59.4 Å².